The molecule has 7 nitrogen and oxygen atoms in total. The Kier molecular flexibility index (Phi) is 4.12. The van der Waals surface area contributed by atoms with E-state index in [1.807, 2.05) is 54.8 Å². The molecule has 0 atom stereocenters. The Morgan fingerprint density at radius 3 is 1.91 bits per heavy atom. The van der Waals surface area contributed by atoms with Gasteiger partial charge in [0.2, 0.25) is 0 Å². The fourth-order valence-corrected chi connectivity index (χ4v) is 2.51. The third-order valence-electron chi connectivity index (χ3n) is 3.82. The number of aromatic nitrogens is 5. The van der Waals surface area contributed by atoms with Gasteiger partial charge in [0.15, 0.2) is 11.6 Å². The van der Waals surface area contributed by atoms with Crippen molar-refractivity contribution in [3.63, 3.8) is 0 Å². The van der Waals surface area contributed by atoms with E-state index in [1.54, 1.807) is 12.4 Å². The summed E-state index contributed by atoms with van der Waals surface area (Å²) < 4.78 is 3.91. The van der Waals surface area contributed by atoms with Gasteiger partial charge in [-0.15, -0.1) is 0 Å². The second-order valence-corrected chi connectivity index (χ2v) is 5.53. The third-order valence-corrected chi connectivity index (χ3v) is 3.82. The summed E-state index contributed by atoms with van der Waals surface area (Å²) in [6, 6.07) is 4.06. The molecule has 0 aliphatic carbocycles. The molecule has 3 aromatic heterocycles. The van der Waals surface area contributed by atoms with Gasteiger partial charge in [-0.2, -0.15) is 0 Å². The van der Waals surface area contributed by atoms with E-state index in [1.165, 1.54) is 0 Å². The topological polar surface area (TPSA) is 77.8 Å². The van der Waals surface area contributed by atoms with Gasteiger partial charge in [0, 0.05) is 64.7 Å². The Bertz CT molecular complexity index is 744. The fourth-order valence-electron chi connectivity index (χ4n) is 2.51. The van der Waals surface area contributed by atoms with Crippen LogP contribution in [0.5, 0.6) is 0 Å². The van der Waals surface area contributed by atoms with Gasteiger partial charge < -0.3 is 19.8 Å². The molecule has 0 saturated heterocycles. The summed E-state index contributed by atoms with van der Waals surface area (Å²) >= 11 is 0. The summed E-state index contributed by atoms with van der Waals surface area (Å²) in [5.41, 5.74) is 8.37. The molecule has 0 spiro atoms. The van der Waals surface area contributed by atoms with Gasteiger partial charge in [-0.3, -0.25) is 0 Å². The molecule has 0 saturated carbocycles. The second kappa shape index (κ2) is 6.21. The van der Waals surface area contributed by atoms with Crippen LogP contribution in [-0.2, 0) is 14.1 Å². The summed E-state index contributed by atoms with van der Waals surface area (Å²) in [6.45, 7) is 1.36. The van der Waals surface area contributed by atoms with Crippen LogP contribution in [0.25, 0.3) is 23.0 Å². The summed E-state index contributed by atoms with van der Waals surface area (Å²) in [4.78, 5) is 15.7. The molecule has 120 valence electrons. The molecule has 0 radical (unpaired) electrons. The lowest BCUT2D eigenvalue weighted by molar-refractivity contribution is 0.879. The first-order valence-electron chi connectivity index (χ1n) is 7.49. The van der Waals surface area contributed by atoms with E-state index in [2.05, 4.69) is 14.9 Å². The number of imidazole rings is 2. The lowest BCUT2D eigenvalue weighted by atomic mass is 10.2. The molecule has 7 heteroatoms. The van der Waals surface area contributed by atoms with Gasteiger partial charge in [-0.1, -0.05) is 0 Å². The van der Waals surface area contributed by atoms with Crippen LogP contribution in [0.2, 0.25) is 0 Å². The standard InChI is InChI=1S/C16H21N7/c1-21(7-4-17)12-10-13(15-18-5-8-22(15)2)20-14(11-12)16-19-6-9-23(16)3/h5-6,8-11H,4,7,17H2,1-3H3. The van der Waals surface area contributed by atoms with Crippen LogP contribution in [0.4, 0.5) is 5.69 Å². The average molecular weight is 311 g/mol. The molecule has 0 aromatic carbocycles. The summed E-state index contributed by atoms with van der Waals surface area (Å²) in [7, 11) is 5.94. The van der Waals surface area contributed by atoms with Gasteiger partial charge in [0.25, 0.3) is 0 Å². The molecule has 0 aliphatic rings. The zero-order valence-corrected chi connectivity index (χ0v) is 13.6. The van der Waals surface area contributed by atoms with Crippen LogP contribution in [0, 0.1) is 0 Å². The highest BCUT2D eigenvalue weighted by atomic mass is 15.1. The average Bonchev–Trinajstić information content (AvgIpc) is 3.15. The van der Waals surface area contributed by atoms with Crippen molar-refractivity contribution < 1.29 is 0 Å². The zero-order chi connectivity index (χ0) is 16.4. The third kappa shape index (κ3) is 2.95. The number of nitrogens with zero attached hydrogens (tertiary/aromatic N) is 6. The number of hydrogen-bond acceptors (Lipinski definition) is 5. The van der Waals surface area contributed by atoms with E-state index < -0.39 is 0 Å². The van der Waals surface area contributed by atoms with Crippen molar-refractivity contribution in [1.29, 1.82) is 0 Å². The largest absolute Gasteiger partial charge is 0.373 e. The lowest BCUT2D eigenvalue weighted by Gasteiger charge is -2.20. The van der Waals surface area contributed by atoms with Crippen molar-refractivity contribution in [2.45, 2.75) is 0 Å². The second-order valence-electron chi connectivity index (χ2n) is 5.53. The lowest BCUT2D eigenvalue weighted by Crippen LogP contribution is -2.25. The Balaban J connectivity index is 2.15. The van der Waals surface area contributed by atoms with Gasteiger partial charge in [0.05, 0.1) is 0 Å². The minimum atomic E-state index is 0.592. The van der Waals surface area contributed by atoms with E-state index >= 15 is 0 Å². The van der Waals surface area contributed by atoms with Crippen LogP contribution in [-0.4, -0.2) is 44.2 Å². The molecule has 2 N–H and O–H groups in total. The maximum Gasteiger partial charge on any atom is 0.158 e. The highest BCUT2D eigenvalue weighted by Crippen LogP contribution is 2.26. The quantitative estimate of drug-likeness (QED) is 0.768. The van der Waals surface area contributed by atoms with Crippen LogP contribution in [0.15, 0.2) is 36.9 Å². The molecule has 0 bridgehead atoms. The van der Waals surface area contributed by atoms with Crippen LogP contribution >= 0.6 is 0 Å². The van der Waals surface area contributed by atoms with Crippen molar-refractivity contribution in [3.05, 3.63) is 36.9 Å². The molecule has 0 amide bonds. The fraction of sp³-hybridized carbons (Fsp3) is 0.312. The Morgan fingerprint density at radius 1 is 1.00 bits per heavy atom. The van der Waals surface area contributed by atoms with Crippen molar-refractivity contribution in [2.75, 3.05) is 25.0 Å². The van der Waals surface area contributed by atoms with E-state index in [0.29, 0.717) is 6.54 Å². The predicted octanol–water partition coefficient (Wildman–Crippen LogP) is 1.28. The van der Waals surface area contributed by atoms with Crippen LogP contribution in [0.1, 0.15) is 0 Å². The first-order valence-corrected chi connectivity index (χ1v) is 7.49. The minimum Gasteiger partial charge on any atom is -0.373 e. The molecule has 3 rings (SSSR count). The number of pyridine rings is 1. The van der Waals surface area contributed by atoms with E-state index in [-0.39, 0.29) is 0 Å². The molecule has 3 aromatic rings. The van der Waals surface area contributed by atoms with Crippen molar-refractivity contribution in [3.8, 4) is 23.0 Å². The van der Waals surface area contributed by atoms with Gasteiger partial charge in [-0.05, 0) is 12.1 Å². The predicted molar refractivity (Wildman–Crippen MR) is 91.0 cm³/mol. The van der Waals surface area contributed by atoms with Gasteiger partial charge >= 0.3 is 0 Å². The van der Waals surface area contributed by atoms with Crippen LogP contribution in [0.3, 0.4) is 0 Å². The Morgan fingerprint density at radius 2 is 1.52 bits per heavy atom. The van der Waals surface area contributed by atoms with Crippen molar-refractivity contribution in [1.82, 2.24) is 24.1 Å². The molecule has 0 fully saturated rings. The van der Waals surface area contributed by atoms with Crippen LogP contribution < -0.4 is 10.6 Å². The number of likely N-dealkylation sites (N-methyl/N-ethyl adjacent to an activating group) is 1. The van der Waals surface area contributed by atoms with E-state index in [0.717, 1.165) is 35.3 Å². The van der Waals surface area contributed by atoms with E-state index in [4.69, 9.17) is 10.7 Å². The smallest absolute Gasteiger partial charge is 0.158 e. The normalized spacial score (nSPS) is 11.0. The monoisotopic (exact) mass is 311 g/mol. The van der Waals surface area contributed by atoms with Crippen molar-refractivity contribution in [2.24, 2.45) is 19.8 Å². The van der Waals surface area contributed by atoms with Gasteiger partial charge in [0.1, 0.15) is 11.4 Å². The van der Waals surface area contributed by atoms with E-state index in [9.17, 15) is 0 Å². The molecule has 3 heterocycles. The molecule has 0 aliphatic heterocycles. The summed E-state index contributed by atoms with van der Waals surface area (Å²) in [5, 5.41) is 0. The minimum absolute atomic E-state index is 0.592. The highest BCUT2D eigenvalue weighted by molar-refractivity contribution is 5.67. The summed E-state index contributed by atoms with van der Waals surface area (Å²) in [6.07, 6.45) is 7.36. The number of nitrogens with two attached hydrogens (primary N) is 1. The number of anilines is 1. The highest BCUT2D eigenvalue weighted by Gasteiger charge is 2.14. The van der Waals surface area contributed by atoms with Gasteiger partial charge in [-0.25, -0.2) is 15.0 Å². The SMILES string of the molecule is CN(CCN)c1cc(-c2nccn2C)nc(-c2nccn2C)c1. The molecule has 23 heavy (non-hydrogen) atoms. The maximum absolute atomic E-state index is 5.69. The Labute approximate surface area is 135 Å². The molecular formula is C16H21N7. The zero-order valence-electron chi connectivity index (χ0n) is 13.6. The van der Waals surface area contributed by atoms with Crippen molar-refractivity contribution >= 4 is 5.69 Å². The molecule has 0 unspecified atom stereocenters. The number of hydrogen-bond donors (Lipinski definition) is 1. The first-order chi connectivity index (χ1) is 11.1. The number of rotatable bonds is 5. The Hall–Kier alpha value is -2.67. The maximum atomic E-state index is 5.69. The first kappa shape index (κ1) is 15.2. The molecular weight excluding hydrogens is 290 g/mol. The summed E-state index contributed by atoms with van der Waals surface area (Å²) in [5.74, 6) is 1.65. The number of aryl methyl sites for hydroxylation is 2.